The molecule has 0 saturated heterocycles. The van der Waals surface area contributed by atoms with Crippen molar-refractivity contribution in [3.8, 4) is 11.3 Å². The Morgan fingerprint density at radius 3 is 2.58 bits per heavy atom. The standard InChI is InChI=1S/C19H26N2O3/c1-5-23-12-6-11-20-18(22)16-13-17(24-21-16)14-7-9-15(10-8-14)19(2,3)4/h7-10,13H,5-6,11-12H2,1-4H3,(H,20,22). The molecule has 0 aliphatic carbocycles. The number of carbonyl (C=O) groups is 1. The summed E-state index contributed by atoms with van der Waals surface area (Å²) in [5.74, 6) is 0.364. The first kappa shape index (κ1) is 18.2. The van der Waals surface area contributed by atoms with Crippen molar-refractivity contribution in [1.82, 2.24) is 10.5 Å². The first-order valence-corrected chi connectivity index (χ1v) is 8.35. The molecule has 0 unspecified atom stereocenters. The van der Waals surface area contributed by atoms with Gasteiger partial charge in [0.1, 0.15) is 0 Å². The van der Waals surface area contributed by atoms with Gasteiger partial charge in [0.05, 0.1) is 0 Å². The first-order valence-electron chi connectivity index (χ1n) is 8.35. The van der Waals surface area contributed by atoms with Crippen molar-refractivity contribution in [3.05, 3.63) is 41.6 Å². The molecule has 0 aliphatic rings. The van der Waals surface area contributed by atoms with E-state index in [-0.39, 0.29) is 11.3 Å². The van der Waals surface area contributed by atoms with Crippen molar-refractivity contribution >= 4 is 5.91 Å². The molecule has 5 heteroatoms. The summed E-state index contributed by atoms with van der Waals surface area (Å²) in [6, 6.07) is 9.80. The lowest BCUT2D eigenvalue weighted by atomic mass is 9.86. The molecule has 1 heterocycles. The predicted octanol–water partition coefficient (Wildman–Crippen LogP) is 3.80. The third kappa shape index (κ3) is 4.93. The maximum Gasteiger partial charge on any atom is 0.273 e. The number of amides is 1. The van der Waals surface area contributed by atoms with Gasteiger partial charge in [-0.2, -0.15) is 0 Å². The van der Waals surface area contributed by atoms with Crippen LogP contribution in [0.3, 0.4) is 0 Å². The van der Waals surface area contributed by atoms with E-state index in [2.05, 4.69) is 43.4 Å². The van der Waals surface area contributed by atoms with Gasteiger partial charge in [-0.15, -0.1) is 0 Å². The zero-order valence-electron chi connectivity index (χ0n) is 14.9. The molecule has 0 aliphatic heterocycles. The highest BCUT2D eigenvalue weighted by molar-refractivity contribution is 5.93. The second-order valence-corrected chi connectivity index (χ2v) is 6.71. The average Bonchev–Trinajstić information content (AvgIpc) is 3.04. The van der Waals surface area contributed by atoms with Crippen LogP contribution in [0.15, 0.2) is 34.9 Å². The molecule has 0 radical (unpaired) electrons. The number of hydrogen-bond donors (Lipinski definition) is 1. The summed E-state index contributed by atoms with van der Waals surface area (Å²) in [5, 5.41) is 6.67. The van der Waals surface area contributed by atoms with Crippen LogP contribution in [-0.4, -0.2) is 30.8 Å². The van der Waals surface area contributed by atoms with E-state index in [0.717, 1.165) is 12.0 Å². The van der Waals surface area contributed by atoms with Crippen molar-refractivity contribution in [2.24, 2.45) is 0 Å². The number of hydrogen-bond acceptors (Lipinski definition) is 4. The minimum Gasteiger partial charge on any atom is -0.382 e. The van der Waals surface area contributed by atoms with Crippen molar-refractivity contribution in [3.63, 3.8) is 0 Å². The van der Waals surface area contributed by atoms with E-state index in [1.165, 1.54) is 5.56 Å². The summed E-state index contributed by atoms with van der Waals surface area (Å²) in [4.78, 5) is 12.0. The van der Waals surface area contributed by atoms with Crippen LogP contribution >= 0.6 is 0 Å². The van der Waals surface area contributed by atoms with E-state index in [1.54, 1.807) is 6.07 Å². The Morgan fingerprint density at radius 2 is 1.96 bits per heavy atom. The number of nitrogens with one attached hydrogen (secondary N) is 1. The molecule has 1 N–H and O–H groups in total. The molecule has 0 spiro atoms. The minimum atomic E-state index is -0.229. The Hall–Kier alpha value is -2.14. The van der Waals surface area contributed by atoms with Crippen LogP contribution in [0.2, 0.25) is 0 Å². The van der Waals surface area contributed by atoms with E-state index in [1.807, 2.05) is 19.1 Å². The molecule has 2 aromatic rings. The number of rotatable bonds is 7. The van der Waals surface area contributed by atoms with Crippen molar-refractivity contribution in [1.29, 1.82) is 0 Å². The fourth-order valence-corrected chi connectivity index (χ4v) is 2.26. The number of aromatic nitrogens is 1. The third-order valence-corrected chi connectivity index (χ3v) is 3.73. The van der Waals surface area contributed by atoms with Crippen LogP contribution < -0.4 is 5.32 Å². The summed E-state index contributed by atoms with van der Waals surface area (Å²) < 4.78 is 10.5. The SMILES string of the molecule is CCOCCCNC(=O)c1cc(-c2ccc(C(C)(C)C)cc2)on1. The largest absolute Gasteiger partial charge is 0.382 e. The normalized spacial score (nSPS) is 11.5. The number of nitrogens with zero attached hydrogens (tertiary/aromatic N) is 1. The molecule has 130 valence electrons. The molecule has 2 rings (SSSR count). The second kappa shape index (κ2) is 8.11. The molecular formula is C19H26N2O3. The minimum absolute atomic E-state index is 0.104. The van der Waals surface area contributed by atoms with Crippen molar-refractivity contribution in [2.45, 2.75) is 39.5 Å². The molecule has 0 fully saturated rings. The lowest BCUT2D eigenvalue weighted by Gasteiger charge is -2.18. The Morgan fingerprint density at radius 1 is 1.25 bits per heavy atom. The predicted molar refractivity (Wildman–Crippen MR) is 94.1 cm³/mol. The molecule has 1 aromatic heterocycles. The van der Waals surface area contributed by atoms with Gasteiger partial charge in [0.25, 0.3) is 5.91 Å². The summed E-state index contributed by atoms with van der Waals surface area (Å²) in [7, 11) is 0. The number of ether oxygens (including phenoxy) is 1. The molecule has 1 aromatic carbocycles. The van der Waals surface area contributed by atoms with E-state index < -0.39 is 0 Å². The van der Waals surface area contributed by atoms with Gasteiger partial charge >= 0.3 is 0 Å². The third-order valence-electron chi connectivity index (χ3n) is 3.73. The van der Waals surface area contributed by atoms with Gasteiger partial charge in [0, 0.05) is 31.4 Å². The highest BCUT2D eigenvalue weighted by Gasteiger charge is 2.16. The van der Waals surface area contributed by atoms with Crippen LogP contribution in [0.25, 0.3) is 11.3 Å². The fourth-order valence-electron chi connectivity index (χ4n) is 2.26. The zero-order valence-corrected chi connectivity index (χ0v) is 14.9. The van der Waals surface area contributed by atoms with E-state index in [9.17, 15) is 4.79 Å². The molecule has 0 bridgehead atoms. The Labute approximate surface area is 143 Å². The summed E-state index contributed by atoms with van der Waals surface area (Å²) in [5.41, 5.74) is 2.55. The zero-order chi connectivity index (χ0) is 17.6. The number of carbonyl (C=O) groups excluding carboxylic acids is 1. The van der Waals surface area contributed by atoms with E-state index in [0.29, 0.717) is 31.2 Å². The van der Waals surface area contributed by atoms with Crippen LogP contribution in [0.1, 0.15) is 50.2 Å². The quantitative estimate of drug-likeness (QED) is 0.784. The van der Waals surface area contributed by atoms with Gasteiger partial charge in [0.15, 0.2) is 11.5 Å². The van der Waals surface area contributed by atoms with Crippen LogP contribution in [0.4, 0.5) is 0 Å². The van der Waals surface area contributed by atoms with Crippen molar-refractivity contribution < 1.29 is 14.1 Å². The van der Waals surface area contributed by atoms with Crippen LogP contribution in [0, 0.1) is 0 Å². The average molecular weight is 330 g/mol. The summed E-state index contributed by atoms with van der Waals surface area (Å²) >= 11 is 0. The molecule has 0 atom stereocenters. The smallest absolute Gasteiger partial charge is 0.273 e. The topological polar surface area (TPSA) is 64.4 Å². The molecule has 24 heavy (non-hydrogen) atoms. The van der Waals surface area contributed by atoms with Gasteiger partial charge in [0.2, 0.25) is 0 Å². The summed E-state index contributed by atoms with van der Waals surface area (Å²) in [6.07, 6.45) is 0.776. The van der Waals surface area contributed by atoms with Gasteiger partial charge < -0.3 is 14.6 Å². The summed E-state index contributed by atoms with van der Waals surface area (Å²) in [6.45, 7) is 10.3. The Bertz CT molecular complexity index is 654. The lowest BCUT2D eigenvalue weighted by molar-refractivity contribution is 0.0935. The highest BCUT2D eigenvalue weighted by Crippen LogP contribution is 2.26. The fraction of sp³-hybridized carbons (Fsp3) is 0.474. The van der Waals surface area contributed by atoms with E-state index in [4.69, 9.17) is 9.26 Å². The van der Waals surface area contributed by atoms with E-state index >= 15 is 0 Å². The molecular weight excluding hydrogens is 304 g/mol. The van der Waals surface area contributed by atoms with Gasteiger partial charge in [-0.1, -0.05) is 50.2 Å². The number of benzene rings is 1. The van der Waals surface area contributed by atoms with Crippen molar-refractivity contribution in [2.75, 3.05) is 19.8 Å². The first-order chi connectivity index (χ1) is 11.4. The maximum absolute atomic E-state index is 12.0. The van der Waals surface area contributed by atoms with Gasteiger partial charge in [-0.25, -0.2) is 0 Å². The second-order valence-electron chi connectivity index (χ2n) is 6.71. The highest BCUT2D eigenvalue weighted by atomic mass is 16.5. The maximum atomic E-state index is 12.0. The Kier molecular flexibility index (Phi) is 6.15. The lowest BCUT2D eigenvalue weighted by Crippen LogP contribution is -2.25. The van der Waals surface area contributed by atoms with Crippen LogP contribution in [0.5, 0.6) is 0 Å². The molecule has 0 saturated carbocycles. The van der Waals surface area contributed by atoms with Crippen LogP contribution in [-0.2, 0) is 10.2 Å². The monoisotopic (exact) mass is 330 g/mol. The Balaban J connectivity index is 1.96. The molecule has 1 amide bonds. The van der Waals surface area contributed by atoms with Gasteiger partial charge in [-0.3, -0.25) is 4.79 Å². The van der Waals surface area contributed by atoms with Gasteiger partial charge in [-0.05, 0) is 24.3 Å². The molecule has 5 nitrogen and oxygen atoms in total.